The molecule has 0 spiro atoms. The summed E-state index contributed by atoms with van der Waals surface area (Å²) in [5, 5.41) is 10.2. The molecule has 1 aliphatic heterocycles. The summed E-state index contributed by atoms with van der Waals surface area (Å²) < 4.78 is 5.21. The minimum absolute atomic E-state index is 0.0216. The van der Waals surface area contributed by atoms with Crippen molar-refractivity contribution in [2.24, 2.45) is 0 Å². The number of rotatable bonds is 4. The molecule has 1 heterocycles. The first-order valence-electron chi connectivity index (χ1n) is 8.93. The maximum Gasteiger partial charge on any atom is 0.343 e. The summed E-state index contributed by atoms with van der Waals surface area (Å²) in [6.45, 7) is 0. The molecule has 0 N–H and O–H groups in total. The minimum atomic E-state index is -0.824. The predicted octanol–water partition coefficient (Wildman–Crippen LogP) is 6.23. The third kappa shape index (κ3) is 3.91. The van der Waals surface area contributed by atoms with Crippen molar-refractivity contribution >= 4 is 75.6 Å². The van der Waals surface area contributed by atoms with Crippen LogP contribution in [0, 0.1) is 10.1 Å². The number of anilines is 1. The first kappa shape index (κ1) is 23.0. The average molecular weight is 526 g/mol. The number of non-ortho nitro benzene ring substituents is 1. The second-order valence-corrected chi connectivity index (χ2v) is 8.15. The lowest BCUT2D eigenvalue weighted by molar-refractivity contribution is -0.384. The van der Waals surface area contributed by atoms with Crippen molar-refractivity contribution in [2.45, 2.75) is 0 Å². The fraction of sp³-hybridized carbons (Fsp3) is 0. The molecule has 3 aromatic rings. The van der Waals surface area contributed by atoms with E-state index >= 15 is 0 Å². The lowest BCUT2D eigenvalue weighted by Crippen LogP contribution is -2.29. The Morgan fingerprint density at radius 1 is 0.848 bits per heavy atom. The van der Waals surface area contributed by atoms with Crippen molar-refractivity contribution in [1.29, 1.82) is 0 Å². The third-order valence-corrected chi connectivity index (χ3v) is 6.50. The van der Waals surface area contributed by atoms with Crippen LogP contribution in [-0.4, -0.2) is 22.7 Å². The van der Waals surface area contributed by atoms with Crippen LogP contribution in [0.3, 0.4) is 0 Å². The van der Waals surface area contributed by atoms with E-state index in [0.29, 0.717) is 0 Å². The van der Waals surface area contributed by atoms with Gasteiger partial charge in [0.2, 0.25) is 0 Å². The maximum atomic E-state index is 12.9. The number of amides is 2. The number of hydrogen-bond acceptors (Lipinski definition) is 6. The third-order valence-electron chi connectivity index (χ3n) is 4.70. The van der Waals surface area contributed by atoms with Crippen molar-refractivity contribution < 1.29 is 24.0 Å². The molecule has 0 saturated carbocycles. The number of ether oxygens (including phenoxy) is 1. The molecule has 0 atom stereocenters. The molecule has 1 aliphatic rings. The number of nitro groups is 1. The highest BCUT2D eigenvalue weighted by atomic mass is 35.5. The van der Waals surface area contributed by atoms with Crippen molar-refractivity contribution in [2.75, 3.05) is 4.90 Å². The summed E-state index contributed by atoms with van der Waals surface area (Å²) in [6.07, 6.45) is 0. The monoisotopic (exact) mass is 524 g/mol. The fourth-order valence-electron chi connectivity index (χ4n) is 3.16. The van der Waals surface area contributed by atoms with Gasteiger partial charge in [-0.2, -0.15) is 0 Å². The first-order valence-corrected chi connectivity index (χ1v) is 10.4. The molecule has 12 heteroatoms. The number of carbonyl (C=O) groups is 3. The molecular weight excluding hydrogens is 518 g/mol. The Hall–Kier alpha value is -3.17. The van der Waals surface area contributed by atoms with Gasteiger partial charge in [0.05, 0.1) is 47.4 Å². The summed E-state index contributed by atoms with van der Waals surface area (Å²) in [6, 6.07) is 10.5. The smallest absolute Gasteiger partial charge is 0.343 e. The quantitative estimate of drug-likeness (QED) is 0.0760. The van der Waals surface area contributed by atoms with Crippen LogP contribution in [0.2, 0.25) is 20.1 Å². The number of halogens is 4. The van der Waals surface area contributed by atoms with Crippen LogP contribution in [0.1, 0.15) is 31.1 Å². The Morgan fingerprint density at radius 2 is 1.39 bits per heavy atom. The lowest BCUT2D eigenvalue weighted by atomic mass is 10.1. The van der Waals surface area contributed by atoms with E-state index in [1.54, 1.807) is 0 Å². The second-order valence-electron chi connectivity index (χ2n) is 6.64. The number of nitro benzene ring substituents is 1. The number of nitrogens with zero attached hydrogens (tertiary/aromatic N) is 2. The summed E-state index contributed by atoms with van der Waals surface area (Å²) in [4.78, 5) is 49.2. The zero-order valence-corrected chi connectivity index (χ0v) is 19.0. The highest BCUT2D eigenvalue weighted by Crippen LogP contribution is 2.45. The van der Waals surface area contributed by atoms with Gasteiger partial charge in [-0.25, -0.2) is 9.69 Å². The molecule has 0 radical (unpaired) electrons. The predicted molar refractivity (Wildman–Crippen MR) is 122 cm³/mol. The van der Waals surface area contributed by atoms with Crippen LogP contribution < -0.4 is 9.64 Å². The van der Waals surface area contributed by atoms with E-state index in [-0.39, 0.29) is 53.9 Å². The maximum absolute atomic E-state index is 12.9. The van der Waals surface area contributed by atoms with Gasteiger partial charge in [0.25, 0.3) is 17.5 Å². The zero-order chi connectivity index (χ0) is 24.0. The number of imide groups is 1. The van der Waals surface area contributed by atoms with Crippen LogP contribution in [0.15, 0.2) is 48.5 Å². The molecule has 2 amide bonds. The summed E-state index contributed by atoms with van der Waals surface area (Å²) in [5.74, 6) is -2.24. The molecule has 0 saturated heterocycles. The van der Waals surface area contributed by atoms with E-state index < -0.39 is 22.7 Å². The van der Waals surface area contributed by atoms with E-state index in [9.17, 15) is 24.5 Å². The largest absolute Gasteiger partial charge is 0.423 e. The molecular formula is C21H8Cl4N2O6. The van der Waals surface area contributed by atoms with Gasteiger partial charge in [-0.05, 0) is 30.3 Å². The standard InChI is InChI=1S/C21H8Cl4N2O6/c22-15-13-14(16(23)18(25)17(15)24)20(29)26(19(13)28)10-4-6-12(7-5-10)33-21(30)9-2-1-3-11(8-9)27(31)32/h1-8H. The molecule has 166 valence electrons. The fourth-order valence-corrected chi connectivity index (χ4v) is 4.17. The van der Waals surface area contributed by atoms with Crippen LogP contribution in [-0.2, 0) is 0 Å². The van der Waals surface area contributed by atoms with E-state index in [1.165, 1.54) is 42.5 Å². The molecule has 33 heavy (non-hydrogen) atoms. The molecule has 0 unspecified atom stereocenters. The van der Waals surface area contributed by atoms with Crippen molar-refractivity contribution in [3.8, 4) is 5.75 Å². The summed E-state index contributed by atoms with van der Waals surface area (Å²) in [7, 11) is 0. The Labute approximate surface area is 205 Å². The van der Waals surface area contributed by atoms with Gasteiger partial charge in [-0.3, -0.25) is 19.7 Å². The Bertz CT molecular complexity index is 1330. The molecule has 0 aromatic heterocycles. The zero-order valence-electron chi connectivity index (χ0n) is 16.0. The Balaban J connectivity index is 1.60. The number of carbonyl (C=O) groups excluding carboxylic acids is 3. The molecule has 0 fully saturated rings. The van der Waals surface area contributed by atoms with Gasteiger partial charge in [0, 0.05) is 12.1 Å². The molecule has 8 nitrogen and oxygen atoms in total. The Kier molecular flexibility index (Phi) is 6.02. The van der Waals surface area contributed by atoms with Gasteiger partial charge in [0.1, 0.15) is 5.75 Å². The number of benzene rings is 3. The van der Waals surface area contributed by atoms with E-state index in [0.717, 1.165) is 11.0 Å². The SMILES string of the molecule is O=C(Oc1ccc(N2C(=O)c3c(Cl)c(Cl)c(Cl)c(Cl)c3C2=O)cc1)c1cccc([N+](=O)[O-])c1. The van der Waals surface area contributed by atoms with Gasteiger partial charge in [-0.15, -0.1) is 0 Å². The van der Waals surface area contributed by atoms with Gasteiger partial charge >= 0.3 is 5.97 Å². The van der Waals surface area contributed by atoms with Crippen molar-refractivity contribution in [3.05, 3.63) is 95.4 Å². The number of fused-ring (bicyclic) bond motifs is 1. The highest BCUT2D eigenvalue weighted by molar-refractivity contribution is 6.56. The highest BCUT2D eigenvalue weighted by Gasteiger charge is 2.42. The first-order chi connectivity index (χ1) is 15.6. The minimum Gasteiger partial charge on any atom is -0.423 e. The van der Waals surface area contributed by atoms with E-state index in [4.69, 9.17) is 51.1 Å². The molecule has 3 aromatic carbocycles. The van der Waals surface area contributed by atoms with Gasteiger partial charge < -0.3 is 4.74 Å². The van der Waals surface area contributed by atoms with Crippen LogP contribution in [0.25, 0.3) is 0 Å². The summed E-state index contributed by atoms with van der Waals surface area (Å²) >= 11 is 24.3. The van der Waals surface area contributed by atoms with Gasteiger partial charge in [0.15, 0.2) is 0 Å². The molecule has 0 bridgehead atoms. The van der Waals surface area contributed by atoms with E-state index in [2.05, 4.69) is 0 Å². The van der Waals surface area contributed by atoms with Crippen LogP contribution in [0.4, 0.5) is 11.4 Å². The normalized spacial score (nSPS) is 12.7. The van der Waals surface area contributed by atoms with E-state index in [1.807, 2.05) is 0 Å². The molecule has 0 aliphatic carbocycles. The van der Waals surface area contributed by atoms with Crippen LogP contribution >= 0.6 is 46.4 Å². The molecule has 4 rings (SSSR count). The summed E-state index contributed by atoms with van der Waals surface area (Å²) in [5.41, 5.74) is -0.463. The topological polar surface area (TPSA) is 107 Å². The van der Waals surface area contributed by atoms with Crippen LogP contribution in [0.5, 0.6) is 5.75 Å². The van der Waals surface area contributed by atoms with Gasteiger partial charge in [-0.1, -0.05) is 52.5 Å². The Morgan fingerprint density at radius 3 is 1.91 bits per heavy atom. The number of hydrogen-bond donors (Lipinski definition) is 0. The lowest BCUT2D eigenvalue weighted by Gasteiger charge is -2.14. The van der Waals surface area contributed by atoms with Crippen molar-refractivity contribution in [1.82, 2.24) is 0 Å². The number of esters is 1. The average Bonchev–Trinajstić information content (AvgIpc) is 3.07. The second kappa shape index (κ2) is 8.64. The van der Waals surface area contributed by atoms with Crippen molar-refractivity contribution in [3.63, 3.8) is 0 Å².